The Morgan fingerprint density at radius 2 is 2.35 bits per heavy atom. The zero-order chi connectivity index (χ0) is 12.3. The van der Waals surface area contributed by atoms with Gasteiger partial charge in [0.05, 0.1) is 18.4 Å². The van der Waals surface area contributed by atoms with E-state index in [1.807, 2.05) is 0 Å². The van der Waals surface area contributed by atoms with E-state index in [1.54, 1.807) is 4.90 Å². The first-order valence-corrected chi connectivity index (χ1v) is 5.75. The summed E-state index contributed by atoms with van der Waals surface area (Å²) in [4.78, 5) is 17.3. The highest BCUT2D eigenvalue weighted by Gasteiger charge is 2.30. The van der Waals surface area contributed by atoms with Crippen LogP contribution in [0, 0.1) is 5.82 Å². The minimum atomic E-state index is -0.611. The molecule has 1 saturated carbocycles. The predicted octanol–water partition coefficient (Wildman–Crippen LogP) is 1.21. The Kier molecular flexibility index (Phi) is 3.68. The molecule has 2 rings (SSSR count). The van der Waals surface area contributed by atoms with Crippen molar-refractivity contribution in [2.24, 2.45) is 0 Å². The number of nitrogens with zero attached hydrogens (tertiary/aromatic N) is 2. The van der Waals surface area contributed by atoms with E-state index in [0.29, 0.717) is 0 Å². The Hall–Kier alpha value is -1.49. The molecule has 1 amide bonds. The molecule has 1 N–H and O–H groups in total. The van der Waals surface area contributed by atoms with Crippen molar-refractivity contribution in [1.29, 1.82) is 0 Å². The monoisotopic (exact) mass is 238 g/mol. The summed E-state index contributed by atoms with van der Waals surface area (Å²) >= 11 is 0. The number of carbonyl (C=O) groups is 1. The molecule has 1 aliphatic rings. The van der Waals surface area contributed by atoms with Gasteiger partial charge < -0.3 is 10.0 Å². The molecule has 0 aromatic carbocycles. The molecule has 1 aromatic rings. The van der Waals surface area contributed by atoms with Gasteiger partial charge in [0.2, 0.25) is 0 Å². The van der Waals surface area contributed by atoms with E-state index in [1.165, 1.54) is 12.3 Å². The molecule has 4 nitrogen and oxygen atoms in total. The summed E-state index contributed by atoms with van der Waals surface area (Å²) in [5.74, 6) is -0.969. The number of carbonyl (C=O) groups excluding carboxylic acids is 1. The topological polar surface area (TPSA) is 53.4 Å². The quantitative estimate of drug-likeness (QED) is 0.857. The van der Waals surface area contributed by atoms with Crippen molar-refractivity contribution in [3.8, 4) is 0 Å². The van der Waals surface area contributed by atoms with Crippen LogP contribution < -0.4 is 0 Å². The molecule has 0 aliphatic heterocycles. The first kappa shape index (κ1) is 12.0. The molecular weight excluding hydrogens is 223 g/mol. The second-order valence-electron chi connectivity index (χ2n) is 4.16. The van der Waals surface area contributed by atoms with Gasteiger partial charge in [-0.05, 0) is 25.3 Å². The maximum absolute atomic E-state index is 13.5. The molecule has 1 aromatic heterocycles. The molecule has 0 unspecified atom stereocenters. The van der Waals surface area contributed by atoms with Crippen molar-refractivity contribution in [3.05, 3.63) is 29.8 Å². The molecule has 17 heavy (non-hydrogen) atoms. The van der Waals surface area contributed by atoms with Gasteiger partial charge in [-0.25, -0.2) is 4.39 Å². The fourth-order valence-corrected chi connectivity index (χ4v) is 1.96. The minimum absolute atomic E-state index is 0.0281. The van der Waals surface area contributed by atoms with E-state index in [9.17, 15) is 9.18 Å². The Balaban J connectivity index is 2.18. The number of aromatic nitrogens is 1. The largest absolute Gasteiger partial charge is 0.395 e. The fraction of sp³-hybridized carbons (Fsp3) is 0.500. The van der Waals surface area contributed by atoms with Gasteiger partial charge in [0.25, 0.3) is 5.91 Å². The molecule has 0 saturated heterocycles. The summed E-state index contributed by atoms with van der Waals surface area (Å²) in [6.45, 7) is 0.153. The Bertz CT molecular complexity index is 407. The van der Waals surface area contributed by atoms with Crippen LogP contribution in [-0.2, 0) is 0 Å². The van der Waals surface area contributed by atoms with Crippen molar-refractivity contribution < 1.29 is 14.3 Å². The smallest absolute Gasteiger partial charge is 0.257 e. The number of pyridine rings is 1. The third kappa shape index (κ3) is 2.44. The van der Waals surface area contributed by atoms with Gasteiger partial charge in [-0.15, -0.1) is 0 Å². The van der Waals surface area contributed by atoms with Gasteiger partial charge in [0.1, 0.15) is 0 Å². The molecule has 0 bridgehead atoms. The molecule has 0 radical (unpaired) electrons. The first-order chi connectivity index (χ1) is 8.24. The van der Waals surface area contributed by atoms with E-state index >= 15 is 0 Å². The Morgan fingerprint density at radius 3 is 2.88 bits per heavy atom. The number of aliphatic hydroxyl groups excluding tert-OH is 1. The highest BCUT2D eigenvalue weighted by atomic mass is 19.1. The standard InChI is InChI=1S/C12H15FN2O2/c13-11-8-14-5-4-10(11)12(17)15(6-7-16)9-2-1-3-9/h4-5,8-9,16H,1-3,6-7H2. The maximum Gasteiger partial charge on any atom is 0.257 e. The fourth-order valence-electron chi connectivity index (χ4n) is 1.96. The average Bonchev–Trinajstić information content (AvgIpc) is 2.26. The van der Waals surface area contributed by atoms with Crippen LogP contribution in [-0.4, -0.2) is 40.1 Å². The number of rotatable bonds is 4. The van der Waals surface area contributed by atoms with E-state index in [-0.39, 0.29) is 30.7 Å². The molecule has 1 fully saturated rings. The third-order valence-corrected chi connectivity index (χ3v) is 3.12. The minimum Gasteiger partial charge on any atom is -0.395 e. The van der Waals surface area contributed by atoms with Crippen LogP contribution in [0.25, 0.3) is 0 Å². The van der Waals surface area contributed by atoms with Crippen LogP contribution in [0.3, 0.4) is 0 Å². The molecule has 92 valence electrons. The van der Waals surface area contributed by atoms with Gasteiger partial charge in [-0.2, -0.15) is 0 Å². The molecule has 5 heteroatoms. The molecule has 1 aliphatic carbocycles. The Labute approximate surface area is 99.1 Å². The second-order valence-corrected chi connectivity index (χ2v) is 4.16. The summed E-state index contributed by atoms with van der Waals surface area (Å²) in [5, 5.41) is 8.97. The van der Waals surface area contributed by atoms with E-state index < -0.39 is 5.82 Å². The predicted molar refractivity (Wildman–Crippen MR) is 60.0 cm³/mol. The zero-order valence-corrected chi connectivity index (χ0v) is 9.47. The van der Waals surface area contributed by atoms with Crippen molar-refractivity contribution in [1.82, 2.24) is 9.88 Å². The number of halogens is 1. The van der Waals surface area contributed by atoms with Crippen molar-refractivity contribution in [3.63, 3.8) is 0 Å². The van der Waals surface area contributed by atoms with E-state index in [2.05, 4.69) is 4.98 Å². The Morgan fingerprint density at radius 1 is 1.59 bits per heavy atom. The van der Waals surface area contributed by atoms with E-state index in [4.69, 9.17) is 5.11 Å². The lowest BCUT2D eigenvalue weighted by atomic mass is 9.91. The molecule has 0 atom stereocenters. The number of hydrogen-bond acceptors (Lipinski definition) is 3. The lowest BCUT2D eigenvalue weighted by molar-refractivity contribution is 0.0521. The van der Waals surface area contributed by atoms with Gasteiger partial charge in [0.15, 0.2) is 5.82 Å². The highest BCUT2D eigenvalue weighted by molar-refractivity contribution is 5.94. The van der Waals surface area contributed by atoms with Crippen LogP contribution in [0.2, 0.25) is 0 Å². The molecule has 1 heterocycles. The highest BCUT2D eigenvalue weighted by Crippen LogP contribution is 2.26. The van der Waals surface area contributed by atoms with Crippen LogP contribution in [0.5, 0.6) is 0 Å². The summed E-state index contributed by atoms with van der Waals surface area (Å²) in [7, 11) is 0. The number of amides is 1. The van der Waals surface area contributed by atoms with E-state index in [0.717, 1.165) is 25.5 Å². The normalized spacial score (nSPS) is 15.4. The van der Waals surface area contributed by atoms with Gasteiger partial charge >= 0.3 is 0 Å². The van der Waals surface area contributed by atoms with Gasteiger partial charge in [-0.3, -0.25) is 9.78 Å². The van der Waals surface area contributed by atoms with Crippen molar-refractivity contribution in [2.75, 3.05) is 13.2 Å². The maximum atomic E-state index is 13.5. The summed E-state index contributed by atoms with van der Waals surface area (Å²) in [5.41, 5.74) is 0.0281. The first-order valence-electron chi connectivity index (χ1n) is 5.75. The SMILES string of the molecule is O=C(c1ccncc1F)N(CCO)C1CCC1. The van der Waals surface area contributed by atoms with Crippen LogP contribution >= 0.6 is 0 Å². The number of aliphatic hydroxyl groups is 1. The zero-order valence-electron chi connectivity index (χ0n) is 9.47. The lowest BCUT2D eigenvalue weighted by Gasteiger charge is -2.37. The average molecular weight is 238 g/mol. The van der Waals surface area contributed by atoms with Crippen LogP contribution in [0.1, 0.15) is 29.6 Å². The van der Waals surface area contributed by atoms with Crippen molar-refractivity contribution >= 4 is 5.91 Å². The lowest BCUT2D eigenvalue weighted by Crippen LogP contribution is -2.45. The van der Waals surface area contributed by atoms with Gasteiger partial charge in [-0.1, -0.05) is 0 Å². The number of hydrogen-bond donors (Lipinski definition) is 1. The summed E-state index contributed by atoms with van der Waals surface area (Å²) in [6.07, 6.45) is 5.37. The molecule has 0 spiro atoms. The third-order valence-electron chi connectivity index (χ3n) is 3.12. The second kappa shape index (κ2) is 5.23. The summed E-state index contributed by atoms with van der Waals surface area (Å²) in [6, 6.07) is 1.52. The van der Waals surface area contributed by atoms with Gasteiger partial charge in [0, 0.05) is 18.8 Å². The van der Waals surface area contributed by atoms with Crippen LogP contribution in [0.4, 0.5) is 4.39 Å². The summed E-state index contributed by atoms with van der Waals surface area (Å²) < 4.78 is 13.5. The molecular formula is C12H15FN2O2. The van der Waals surface area contributed by atoms with Crippen LogP contribution in [0.15, 0.2) is 18.5 Å². The van der Waals surface area contributed by atoms with Crippen molar-refractivity contribution in [2.45, 2.75) is 25.3 Å².